The van der Waals surface area contributed by atoms with Crippen LogP contribution in [0.3, 0.4) is 0 Å². The lowest BCUT2D eigenvalue weighted by molar-refractivity contribution is 0.589. The predicted octanol–water partition coefficient (Wildman–Crippen LogP) is 1.98. The lowest BCUT2D eigenvalue weighted by Gasteiger charge is -2.17. The topological polar surface area (TPSA) is 83.1 Å². The van der Waals surface area contributed by atoms with Gasteiger partial charge in [-0.05, 0) is 38.8 Å². The molecule has 0 aliphatic rings. The van der Waals surface area contributed by atoms with Gasteiger partial charge in [0, 0.05) is 13.6 Å². The van der Waals surface area contributed by atoms with Gasteiger partial charge >= 0.3 is 0 Å². The van der Waals surface area contributed by atoms with Crippen LogP contribution in [-0.2, 0) is 9.84 Å². The van der Waals surface area contributed by atoms with Crippen molar-refractivity contribution in [3.63, 3.8) is 0 Å². The van der Waals surface area contributed by atoms with Crippen molar-refractivity contribution in [3.8, 4) is 0 Å². The normalized spacial score (nSPS) is 11.5. The van der Waals surface area contributed by atoms with Gasteiger partial charge in [0.2, 0.25) is 15.8 Å². The summed E-state index contributed by atoms with van der Waals surface area (Å²) in [6.45, 7) is 7.43. The van der Waals surface area contributed by atoms with Crippen LogP contribution in [0.2, 0.25) is 0 Å². The van der Waals surface area contributed by atoms with E-state index in [0.717, 1.165) is 0 Å². The summed E-state index contributed by atoms with van der Waals surface area (Å²) in [5.41, 5.74) is 0.926. The number of hydrogen-bond acceptors (Lipinski definition) is 5. The molecular weight excluding hydrogens is 314 g/mol. The van der Waals surface area contributed by atoms with Crippen LogP contribution in [0.25, 0.3) is 0 Å². The fourth-order valence-electron chi connectivity index (χ4n) is 2.41. The molecular formula is C16H21N3O3S. The number of aryl methyl sites for hydroxylation is 2. The summed E-state index contributed by atoms with van der Waals surface area (Å²) in [7, 11) is -2.14. The molecule has 1 heterocycles. The van der Waals surface area contributed by atoms with Crippen molar-refractivity contribution < 1.29 is 8.42 Å². The number of hydrogen-bond donors (Lipinski definition) is 1. The number of nitrogens with one attached hydrogen (secondary N) is 1. The molecule has 1 aromatic heterocycles. The third-order valence-corrected chi connectivity index (χ3v) is 5.95. The summed E-state index contributed by atoms with van der Waals surface area (Å²) >= 11 is 0. The number of H-pyrrole nitrogens is 1. The SMILES string of the molecule is CCN(C)c1nc(S(=O)(=O)c2c(C)cccc2C)c(C)c(=O)[nH]1. The van der Waals surface area contributed by atoms with Crippen LogP contribution in [0.5, 0.6) is 0 Å². The van der Waals surface area contributed by atoms with E-state index in [1.54, 1.807) is 44.0 Å². The van der Waals surface area contributed by atoms with Gasteiger partial charge in [-0.15, -0.1) is 0 Å². The second kappa shape index (κ2) is 6.16. The second-order valence-electron chi connectivity index (χ2n) is 5.56. The van der Waals surface area contributed by atoms with Crippen molar-refractivity contribution in [3.05, 3.63) is 45.2 Å². The van der Waals surface area contributed by atoms with Crippen LogP contribution in [0.15, 0.2) is 32.9 Å². The first-order valence-electron chi connectivity index (χ1n) is 7.33. The van der Waals surface area contributed by atoms with Gasteiger partial charge in [0.1, 0.15) is 0 Å². The second-order valence-corrected chi connectivity index (χ2v) is 7.36. The molecule has 2 rings (SSSR count). The predicted molar refractivity (Wildman–Crippen MR) is 89.9 cm³/mol. The van der Waals surface area contributed by atoms with Gasteiger partial charge < -0.3 is 4.90 Å². The maximum atomic E-state index is 13.1. The van der Waals surface area contributed by atoms with E-state index in [1.807, 2.05) is 6.92 Å². The van der Waals surface area contributed by atoms with E-state index >= 15 is 0 Å². The van der Waals surface area contributed by atoms with Crippen molar-refractivity contribution >= 4 is 15.8 Å². The minimum Gasteiger partial charge on any atom is -0.346 e. The maximum Gasteiger partial charge on any atom is 0.256 e. The standard InChI is InChI=1S/C16H21N3O3S/c1-6-19(5)16-17-14(20)12(4)15(18-16)23(21,22)13-10(2)8-7-9-11(13)3/h7-9H,6H2,1-5H3,(H,17,18,20). The molecule has 0 spiro atoms. The highest BCUT2D eigenvalue weighted by Gasteiger charge is 2.27. The quantitative estimate of drug-likeness (QED) is 0.864. The molecule has 0 radical (unpaired) electrons. The van der Waals surface area contributed by atoms with Crippen LogP contribution < -0.4 is 10.5 Å². The zero-order valence-electron chi connectivity index (χ0n) is 14.0. The van der Waals surface area contributed by atoms with E-state index in [2.05, 4.69) is 9.97 Å². The molecule has 0 atom stereocenters. The van der Waals surface area contributed by atoms with Crippen LogP contribution in [0.1, 0.15) is 23.6 Å². The lowest BCUT2D eigenvalue weighted by atomic mass is 10.2. The molecule has 0 bridgehead atoms. The summed E-state index contributed by atoms with van der Waals surface area (Å²) in [5.74, 6) is 0.243. The van der Waals surface area contributed by atoms with Crippen LogP contribution >= 0.6 is 0 Å². The molecule has 0 saturated carbocycles. The maximum absolute atomic E-state index is 13.1. The van der Waals surface area contributed by atoms with E-state index in [0.29, 0.717) is 17.7 Å². The first-order valence-corrected chi connectivity index (χ1v) is 8.81. The van der Waals surface area contributed by atoms with Crippen LogP contribution in [-0.4, -0.2) is 32.0 Å². The number of aromatic nitrogens is 2. The Hall–Kier alpha value is -2.15. The van der Waals surface area contributed by atoms with Gasteiger partial charge in [-0.3, -0.25) is 9.78 Å². The molecule has 0 aliphatic carbocycles. The molecule has 0 saturated heterocycles. The molecule has 2 aromatic rings. The first-order chi connectivity index (χ1) is 10.7. The van der Waals surface area contributed by atoms with Crippen molar-refractivity contribution in [1.29, 1.82) is 0 Å². The molecule has 7 heteroatoms. The molecule has 6 nitrogen and oxygen atoms in total. The minimum atomic E-state index is -3.88. The third-order valence-electron chi connectivity index (χ3n) is 3.86. The van der Waals surface area contributed by atoms with Crippen LogP contribution in [0, 0.1) is 20.8 Å². The smallest absolute Gasteiger partial charge is 0.256 e. The monoisotopic (exact) mass is 335 g/mol. The largest absolute Gasteiger partial charge is 0.346 e. The highest BCUT2D eigenvalue weighted by Crippen LogP contribution is 2.27. The Labute approximate surface area is 136 Å². The van der Waals surface area contributed by atoms with Crippen molar-refractivity contribution in [1.82, 2.24) is 9.97 Å². The van der Waals surface area contributed by atoms with Crippen molar-refractivity contribution in [2.75, 3.05) is 18.5 Å². The average molecular weight is 335 g/mol. The minimum absolute atomic E-state index is 0.0981. The summed E-state index contributed by atoms with van der Waals surface area (Å²) in [6, 6.07) is 5.28. The highest BCUT2D eigenvalue weighted by molar-refractivity contribution is 7.91. The van der Waals surface area contributed by atoms with Gasteiger partial charge in [0.25, 0.3) is 5.56 Å². The molecule has 0 amide bonds. The highest BCUT2D eigenvalue weighted by atomic mass is 32.2. The van der Waals surface area contributed by atoms with Gasteiger partial charge in [0.15, 0.2) is 5.03 Å². The Bertz CT molecular complexity index is 881. The number of anilines is 1. The number of rotatable bonds is 4. The Morgan fingerprint density at radius 2 is 1.74 bits per heavy atom. The van der Waals surface area contributed by atoms with Gasteiger partial charge in [0.05, 0.1) is 10.5 Å². The zero-order chi connectivity index (χ0) is 17.4. The first kappa shape index (κ1) is 17.2. The lowest BCUT2D eigenvalue weighted by Crippen LogP contribution is -2.26. The van der Waals surface area contributed by atoms with E-state index in [1.165, 1.54) is 6.92 Å². The Kier molecular flexibility index (Phi) is 4.61. The molecule has 0 aliphatic heterocycles. The number of aromatic amines is 1. The van der Waals surface area contributed by atoms with Gasteiger partial charge in [-0.1, -0.05) is 18.2 Å². The molecule has 0 unspecified atom stereocenters. The van der Waals surface area contributed by atoms with E-state index in [-0.39, 0.29) is 21.4 Å². The Balaban J connectivity index is 2.79. The van der Waals surface area contributed by atoms with Crippen molar-refractivity contribution in [2.45, 2.75) is 37.6 Å². The number of nitrogens with zero attached hydrogens (tertiary/aromatic N) is 2. The van der Waals surface area contributed by atoms with E-state index < -0.39 is 15.4 Å². The number of benzene rings is 1. The summed E-state index contributed by atoms with van der Waals surface area (Å²) in [6.07, 6.45) is 0. The fraction of sp³-hybridized carbons (Fsp3) is 0.375. The molecule has 124 valence electrons. The zero-order valence-corrected chi connectivity index (χ0v) is 14.8. The molecule has 1 N–H and O–H groups in total. The summed E-state index contributed by atoms with van der Waals surface area (Å²) in [5, 5.41) is -0.186. The Morgan fingerprint density at radius 1 is 1.17 bits per heavy atom. The molecule has 23 heavy (non-hydrogen) atoms. The molecule has 1 aromatic carbocycles. The third kappa shape index (κ3) is 3.01. The summed E-state index contributed by atoms with van der Waals surface area (Å²) < 4.78 is 26.2. The van der Waals surface area contributed by atoms with Crippen molar-refractivity contribution in [2.24, 2.45) is 0 Å². The van der Waals surface area contributed by atoms with E-state index in [9.17, 15) is 13.2 Å². The average Bonchev–Trinajstić information content (AvgIpc) is 2.48. The summed E-state index contributed by atoms with van der Waals surface area (Å²) in [4.78, 5) is 20.9. The van der Waals surface area contributed by atoms with Gasteiger partial charge in [-0.25, -0.2) is 13.4 Å². The Morgan fingerprint density at radius 3 is 2.26 bits per heavy atom. The number of sulfone groups is 1. The molecule has 0 fully saturated rings. The van der Waals surface area contributed by atoms with E-state index in [4.69, 9.17) is 0 Å². The van der Waals surface area contributed by atoms with Crippen LogP contribution in [0.4, 0.5) is 5.95 Å². The van der Waals surface area contributed by atoms with Gasteiger partial charge in [-0.2, -0.15) is 0 Å². The fourth-order valence-corrected chi connectivity index (χ4v) is 4.29.